The van der Waals surface area contributed by atoms with E-state index in [9.17, 15) is 0 Å². The second-order valence-electron chi connectivity index (χ2n) is 5.38. The van der Waals surface area contributed by atoms with Gasteiger partial charge in [0.25, 0.3) is 0 Å². The maximum atomic E-state index is 5.79. The van der Waals surface area contributed by atoms with Crippen LogP contribution < -0.4 is 11.1 Å². The number of benzene rings is 1. The van der Waals surface area contributed by atoms with Crippen LogP contribution in [-0.2, 0) is 13.0 Å². The van der Waals surface area contributed by atoms with E-state index in [0.29, 0.717) is 12.5 Å². The lowest BCUT2D eigenvalue weighted by Crippen LogP contribution is -2.40. The molecular formula is C16H25IN4. The second kappa shape index (κ2) is 9.04. The number of nitrogens with one attached hydrogen (secondary N) is 1. The Bertz CT molecular complexity index is 499. The van der Waals surface area contributed by atoms with Gasteiger partial charge in [-0.2, -0.15) is 0 Å². The van der Waals surface area contributed by atoms with Crippen LogP contribution in [0.2, 0.25) is 0 Å². The Balaban J connectivity index is 0.00000220. The van der Waals surface area contributed by atoms with Crippen LogP contribution in [0.15, 0.2) is 41.4 Å². The highest BCUT2D eigenvalue weighted by molar-refractivity contribution is 14.0. The highest BCUT2D eigenvalue weighted by atomic mass is 127. The molecule has 0 unspecified atom stereocenters. The third kappa shape index (κ3) is 6.05. The molecule has 1 aliphatic rings. The number of guanidine groups is 1. The first-order valence-corrected chi connectivity index (χ1v) is 7.12. The van der Waals surface area contributed by atoms with Crippen molar-refractivity contribution in [2.75, 3.05) is 26.2 Å². The first-order valence-electron chi connectivity index (χ1n) is 7.12. The Kier molecular flexibility index (Phi) is 7.74. The number of rotatable bonds is 5. The summed E-state index contributed by atoms with van der Waals surface area (Å²) < 4.78 is 0. The van der Waals surface area contributed by atoms with Gasteiger partial charge in [-0.05, 0) is 24.5 Å². The number of nitrogens with zero attached hydrogens (tertiary/aromatic N) is 2. The molecule has 0 fully saturated rings. The summed E-state index contributed by atoms with van der Waals surface area (Å²) in [4.78, 5) is 6.65. The normalized spacial score (nSPS) is 15.0. The van der Waals surface area contributed by atoms with Crippen molar-refractivity contribution in [2.24, 2.45) is 10.7 Å². The quantitative estimate of drug-likeness (QED) is 0.345. The maximum absolute atomic E-state index is 5.79. The molecule has 0 saturated carbocycles. The Morgan fingerprint density at radius 1 is 1.38 bits per heavy atom. The van der Waals surface area contributed by atoms with Crippen molar-refractivity contribution >= 4 is 29.9 Å². The van der Waals surface area contributed by atoms with Crippen LogP contribution in [0.4, 0.5) is 0 Å². The maximum Gasteiger partial charge on any atom is 0.188 e. The summed E-state index contributed by atoms with van der Waals surface area (Å²) in [7, 11) is 0. The fourth-order valence-corrected chi connectivity index (χ4v) is 2.36. The Morgan fingerprint density at radius 2 is 2.10 bits per heavy atom. The number of aliphatic imine (C=N–C) groups is 1. The van der Waals surface area contributed by atoms with Gasteiger partial charge in [0.1, 0.15) is 0 Å². The topological polar surface area (TPSA) is 53.6 Å². The smallest absolute Gasteiger partial charge is 0.188 e. The minimum atomic E-state index is 0. The van der Waals surface area contributed by atoms with Gasteiger partial charge in [-0.25, -0.2) is 4.99 Å². The fraction of sp³-hybridized carbons (Fsp3) is 0.438. The van der Waals surface area contributed by atoms with Gasteiger partial charge in [0.15, 0.2) is 5.96 Å². The zero-order chi connectivity index (χ0) is 14.4. The molecule has 3 N–H and O–H groups in total. The number of nitrogens with two attached hydrogens (primary N) is 1. The van der Waals surface area contributed by atoms with Crippen molar-refractivity contribution in [1.82, 2.24) is 10.2 Å². The van der Waals surface area contributed by atoms with Crippen LogP contribution in [-0.4, -0.2) is 37.0 Å². The van der Waals surface area contributed by atoms with E-state index < -0.39 is 0 Å². The summed E-state index contributed by atoms with van der Waals surface area (Å²) in [5.74, 6) is 0.505. The van der Waals surface area contributed by atoms with Gasteiger partial charge in [-0.1, -0.05) is 36.4 Å². The molecule has 116 valence electrons. The molecule has 2 rings (SSSR count). The Morgan fingerprint density at radius 3 is 2.81 bits per heavy atom. The van der Waals surface area contributed by atoms with Gasteiger partial charge in [-0.3, -0.25) is 4.90 Å². The first-order chi connectivity index (χ1) is 9.65. The van der Waals surface area contributed by atoms with Gasteiger partial charge in [0.2, 0.25) is 0 Å². The summed E-state index contributed by atoms with van der Waals surface area (Å²) in [5.41, 5.74) is 9.74. The summed E-state index contributed by atoms with van der Waals surface area (Å²) in [6.45, 7) is 10.3. The lowest BCUT2D eigenvalue weighted by Gasteiger charge is -2.28. The molecule has 0 spiro atoms. The lowest BCUT2D eigenvalue weighted by atomic mass is 10.00. The largest absolute Gasteiger partial charge is 0.370 e. The molecule has 21 heavy (non-hydrogen) atoms. The molecule has 0 bridgehead atoms. The van der Waals surface area contributed by atoms with Crippen LogP contribution in [0.5, 0.6) is 0 Å². The molecule has 1 heterocycles. The van der Waals surface area contributed by atoms with Crippen LogP contribution >= 0.6 is 24.0 Å². The molecule has 0 amide bonds. The number of hydrogen-bond donors (Lipinski definition) is 2. The van der Waals surface area contributed by atoms with Crippen LogP contribution in [0.25, 0.3) is 0 Å². The summed E-state index contributed by atoms with van der Waals surface area (Å²) >= 11 is 0. The van der Waals surface area contributed by atoms with Crippen molar-refractivity contribution in [3.63, 3.8) is 0 Å². The van der Waals surface area contributed by atoms with Crippen molar-refractivity contribution in [3.8, 4) is 0 Å². The fourth-order valence-electron chi connectivity index (χ4n) is 2.36. The van der Waals surface area contributed by atoms with Gasteiger partial charge >= 0.3 is 0 Å². The zero-order valence-corrected chi connectivity index (χ0v) is 15.0. The summed E-state index contributed by atoms with van der Waals surface area (Å²) in [6.07, 6.45) is 1.13. The Hall–Kier alpha value is -1.08. The van der Waals surface area contributed by atoms with E-state index in [1.807, 2.05) is 6.92 Å². The monoisotopic (exact) mass is 400 g/mol. The van der Waals surface area contributed by atoms with E-state index in [4.69, 9.17) is 5.73 Å². The molecule has 1 aliphatic heterocycles. The highest BCUT2D eigenvalue weighted by Gasteiger charge is 2.14. The van der Waals surface area contributed by atoms with Gasteiger partial charge < -0.3 is 11.1 Å². The van der Waals surface area contributed by atoms with Crippen molar-refractivity contribution in [1.29, 1.82) is 0 Å². The molecule has 0 radical (unpaired) electrons. The summed E-state index contributed by atoms with van der Waals surface area (Å²) in [5, 5.41) is 3.15. The second-order valence-corrected chi connectivity index (χ2v) is 5.38. The first kappa shape index (κ1) is 18.0. The van der Waals surface area contributed by atoms with Gasteiger partial charge in [-0.15, -0.1) is 24.0 Å². The third-order valence-corrected chi connectivity index (χ3v) is 3.46. The number of hydrogen-bond acceptors (Lipinski definition) is 2. The predicted octanol–water partition coefficient (Wildman–Crippen LogP) is 2.14. The molecule has 4 nitrogen and oxygen atoms in total. The van der Waals surface area contributed by atoms with Gasteiger partial charge in [0.05, 0.1) is 6.54 Å². The molecule has 0 atom stereocenters. The molecule has 0 aliphatic carbocycles. The van der Waals surface area contributed by atoms with E-state index in [0.717, 1.165) is 38.2 Å². The van der Waals surface area contributed by atoms with Crippen molar-refractivity contribution < 1.29 is 0 Å². The Labute approximate surface area is 144 Å². The van der Waals surface area contributed by atoms with E-state index in [1.165, 1.54) is 11.1 Å². The van der Waals surface area contributed by atoms with E-state index in [-0.39, 0.29) is 24.0 Å². The SMILES string of the molecule is C=C(C)CN=C(N)NCCN1CCc2ccccc2C1.I. The predicted molar refractivity (Wildman–Crippen MR) is 100 cm³/mol. The molecule has 5 heteroatoms. The van der Waals surface area contributed by atoms with E-state index >= 15 is 0 Å². The van der Waals surface area contributed by atoms with Crippen molar-refractivity contribution in [2.45, 2.75) is 19.9 Å². The molecular weight excluding hydrogens is 375 g/mol. The van der Waals surface area contributed by atoms with E-state index in [1.54, 1.807) is 0 Å². The molecule has 1 aromatic rings. The van der Waals surface area contributed by atoms with Crippen LogP contribution in [0.1, 0.15) is 18.1 Å². The highest BCUT2D eigenvalue weighted by Crippen LogP contribution is 2.17. The minimum Gasteiger partial charge on any atom is -0.370 e. The van der Waals surface area contributed by atoms with Crippen LogP contribution in [0.3, 0.4) is 0 Å². The van der Waals surface area contributed by atoms with Crippen LogP contribution in [0, 0.1) is 0 Å². The molecule has 0 saturated heterocycles. The van der Waals surface area contributed by atoms with E-state index in [2.05, 4.69) is 46.1 Å². The number of fused-ring (bicyclic) bond motifs is 1. The standard InChI is InChI=1S/C16H24N4.HI/c1-13(2)11-19-16(17)18-8-10-20-9-7-14-5-3-4-6-15(14)12-20;/h3-6H,1,7-12H2,2H3,(H3,17,18,19);1H. The zero-order valence-electron chi connectivity index (χ0n) is 12.6. The van der Waals surface area contributed by atoms with Crippen molar-refractivity contribution in [3.05, 3.63) is 47.5 Å². The molecule has 0 aromatic heterocycles. The number of halogens is 1. The summed E-state index contributed by atoms with van der Waals surface area (Å²) in [6, 6.07) is 8.68. The van der Waals surface area contributed by atoms with Gasteiger partial charge in [0, 0.05) is 26.2 Å². The molecule has 1 aromatic carbocycles. The minimum absolute atomic E-state index is 0. The average Bonchev–Trinajstić information content (AvgIpc) is 2.45. The third-order valence-electron chi connectivity index (χ3n) is 3.46. The average molecular weight is 400 g/mol. The lowest BCUT2D eigenvalue weighted by molar-refractivity contribution is 0.258.